The number of rotatable bonds is 1. The fourth-order valence-electron chi connectivity index (χ4n) is 3.53. The molecule has 3 aliphatic rings. The number of ether oxygens (including phenoxy) is 1. The van der Waals surface area contributed by atoms with Gasteiger partial charge in [0.15, 0.2) is 11.5 Å². The second-order valence-corrected chi connectivity index (χ2v) is 5.83. The summed E-state index contributed by atoms with van der Waals surface area (Å²) in [7, 11) is 4.97. The zero-order chi connectivity index (χ0) is 15.5. The number of amides is 1. The van der Waals surface area contributed by atoms with E-state index in [1.165, 1.54) is 7.11 Å². The molecule has 6 nitrogen and oxygen atoms in total. The molecule has 1 amide bonds. The number of allylic oxidation sites excluding steroid dienone is 2. The Morgan fingerprint density at radius 3 is 2.38 bits per heavy atom. The van der Waals surface area contributed by atoms with E-state index >= 15 is 0 Å². The van der Waals surface area contributed by atoms with E-state index in [0.717, 1.165) is 0 Å². The first-order valence-electron chi connectivity index (χ1n) is 6.92. The third-order valence-corrected chi connectivity index (χ3v) is 4.76. The van der Waals surface area contributed by atoms with Crippen LogP contribution in [-0.4, -0.2) is 67.1 Å². The standard InChI is InChI=1S/C15H18N2O4/c1-7-12(18)8-5-9-15(20)16(2)6-10(17(9)3)11(8)13(19)14(7)21-4/h9-10H,5-6H2,1-4H3. The van der Waals surface area contributed by atoms with E-state index < -0.39 is 0 Å². The van der Waals surface area contributed by atoms with Crippen LogP contribution in [0.25, 0.3) is 0 Å². The molecule has 2 atom stereocenters. The Kier molecular flexibility index (Phi) is 3.02. The summed E-state index contributed by atoms with van der Waals surface area (Å²) < 4.78 is 5.13. The molecule has 1 aliphatic carbocycles. The topological polar surface area (TPSA) is 66.9 Å². The molecular weight excluding hydrogens is 272 g/mol. The average Bonchev–Trinajstić information content (AvgIpc) is 2.44. The Morgan fingerprint density at radius 2 is 1.76 bits per heavy atom. The number of likely N-dealkylation sites (N-methyl/N-ethyl adjacent to an activating group) is 2. The van der Waals surface area contributed by atoms with Crippen molar-refractivity contribution < 1.29 is 19.1 Å². The molecule has 0 aromatic rings. The van der Waals surface area contributed by atoms with E-state index in [4.69, 9.17) is 4.74 Å². The number of ketones is 2. The third-order valence-electron chi connectivity index (χ3n) is 4.76. The number of carbonyl (C=O) groups excluding carboxylic acids is 3. The third kappa shape index (κ3) is 1.72. The lowest BCUT2D eigenvalue weighted by molar-refractivity contribution is -0.143. The van der Waals surface area contributed by atoms with Crippen molar-refractivity contribution >= 4 is 17.5 Å². The molecule has 2 bridgehead atoms. The maximum Gasteiger partial charge on any atom is 0.240 e. The van der Waals surface area contributed by atoms with Crippen LogP contribution in [0, 0.1) is 0 Å². The van der Waals surface area contributed by atoms with Crippen LogP contribution >= 0.6 is 0 Å². The van der Waals surface area contributed by atoms with Crippen molar-refractivity contribution in [3.8, 4) is 0 Å². The monoisotopic (exact) mass is 290 g/mol. The molecular formula is C15H18N2O4. The Labute approximate surface area is 123 Å². The Balaban J connectivity index is 2.14. The van der Waals surface area contributed by atoms with Gasteiger partial charge in [-0.25, -0.2) is 0 Å². The molecule has 3 rings (SSSR count). The van der Waals surface area contributed by atoms with Gasteiger partial charge in [0, 0.05) is 36.7 Å². The normalized spacial score (nSPS) is 30.1. The van der Waals surface area contributed by atoms with Gasteiger partial charge in [0.1, 0.15) is 0 Å². The minimum absolute atomic E-state index is 0.000259. The van der Waals surface area contributed by atoms with Gasteiger partial charge < -0.3 is 9.64 Å². The highest BCUT2D eigenvalue weighted by Gasteiger charge is 2.49. The van der Waals surface area contributed by atoms with Gasteiger partial charge >= 0.3 is 0 Å². The van der Waals surface area contributed by atoms with Gasteiger partial charge in [0.25, 0.3) is 0 Å². The summed E-state index contributed by atoms with van der Waals surface area (Å²) in [5.41, 5.74) is 1.33. The Hall–Kier alpha value is -1.95. The van der Waals surface area contributed by atoms with Gasteiger partial charge in [-0.1, -0.05) is 0 Å². The molecule has 0 saturated carbocycles. The van der Waals surface area contributed by atoms with E-state index in [9.17, 15) is 14.4 Å². The summed E-state index contributed by atoms with van der Waals surface area (Å²) in [6.45, 7) is 2.02. The first kappa shape index (κ1) is 14.0. The predicted octanol–water partition coefficient (Wildman–Crippen LogP) is -0.100. The quantitative estimate of drug-likeness (QED) is 0.631. The molecule has 0 radical (unpaired) electrons. The number of Topliss-reactive ketones (excluding diaryl/α,β-unsaturated/α-hetero) is 2. The molecule has 112 valence electrons. The Bertz CT molecular complexity index is 632. The van der Waals surface area contributed by atoms with Crippen LogP contribution in [0.3, 0.4) is 0 Å². The molecule has 0 aromatic carbocycles. The summed E-state index contributed by atoms with van der Waals surface area (Å²) in [4.78, 5) is 40.9. The zero-order valence-corrected chi connectivity index (χ0v) is 12.6. The molecule has 2 aliphatic heterocycles. The molecule has 2 unspecified atom stereocenters. The fourth-order valence-corrected chi connectivity index (χ4v) is 3.53. The summed E-state index contributed by atoms with van der Waals surface area (Å²) >= 11 is 0. The average molecular weight is 290 g/mol. The summed E-state index contributed by atoms with van der Waals surface area (Å²) in [6, 6.07) is -0.600. The highest BCUT2D eigenvalue weighted by atomic mass is 16.5. The van der Waals surface area contributed by atoms with Gasteiger partial charge in [0.05, 0.1) is 19.2 Å². The maximum atomic E-state index is 12.7. The Morgan fingerprint density at radius 1 is 1.10 bits per heavy atom. The summed E-state index contributed by atoms with van der Waals surface area (Å²) in [5, 5.41) is 0. The van der Waals surface area contributed by atoms with Crippen LogP contribution in [0.1, 0.15) is 13.3 Å². The van der Waals surface area contributed by atoms with E-state index in [1.54, 1.807) is 18.9 Å². The number of hydrogen-bond donors (Lipinski definition) is 0. The number of carbonyl (C=O) groups is 3. The second-order valence-electron chi connectivity index (χ2n) is 5.83. The van der Waals surface area contributed by atoms with Crippen molar-refractivity contribution in [3.63, 3.8) is 0 Å². The first-order valence-corrected chi connectivity index (χ1v) is 6.92. The van der Waals surface area contributed by atoms with Crippen LogP contribution < -0.4 is 0 Å². The molecule has 2 heterocycles. The van der Waals surface area contributed by atoms with E-state index in [2.05, 4.69) is 0 Å². The minimum Gasteiger partial charge on any atom is -0.492 e. The minimum atomic E-state index is -0.360. The number of fused-ring (bicyclic) bond motifs is 3. The van der Waals surface area contributed by atoms with Crippen molar-refractivity contribution in [2.75, 3.05) is 27.7 Å². The summed E-state index contributed by atoms with van der Waals surface area (Å²) in [5.74, 6) is -0.255. The number of hydrogen-bond acceptors (Lipinski definition) is 5. The van der Waals surface area contributed by atoms with Crippen LogP contribution in [0.2, 0.25) is 0 Å². The van der Waals surface area contributed by atoms with Crippen LogP contribution in [-0.2, 0) is 19.1 Å². The first-order chi connectivity index (χ1) is 9.88. The van der Waals surface area contributed by atoms with Crippen molar-refractivity contribution in [1.82, 2.24) is 9.80 Å². The maximum absolute atomic E-state index is 12.7. The molecule has 1 saturated heterocycles. The second kappa shape index (κ2) is 4.53. The van der Waals surface area contributed by atoms with Crippen LogP contribution in [0.15, 0.2) is 22.5 Å². The van der Waals surface area contributed by atoms with Crippen molar-refractivity contribution in [2.24, 2.45) is 0 Å². The molecule has 0 spiro atoms. The molecule has 0 aromatic heterocycles. The van der Waals surface area contributed by atoms with Crippen molar-refractivity contribution in [3.05, 3.63) is 22.5 Å². The molecule has 0 N–H and O–H groups in total. The lowest BCUT2D eigenvalue weighted by Gasteiger charge is -2.48. The van der Waals surface area contributed by atoms with Gasteiger partial charge in [0.2, 0.25) is 11.7 Å². The van der Waals surface area contributed by atoms with Crippen LogP contribution in [0.4, 0.5) is 0 Å². The predicted molar refractivity (Wildman–Crippen MR) is 74.3 cm³/mol. The number of nitrogens with zero attached hydrogens (tertiary/aromatic N) is 2. The van der Waals surface area contributed by atoms with Crippen molar-refractivity contribution in [1.29, 1.82) is 0 Å². The molecule has 6 heteroatoms. The lowest BCUT2D eigenvalue weighted by Crippen LogP contribution is -2.63. The summed E-state index contributed by atoms with van der Waals surface area (Å²) in [6.07, 6.45) is 0.296. The van der Waals surface area contributed by atoms with Gasteiger partial charge in [-0.05, 0) is 14.0 Å². The largest absolute Gasteiger partial charge is 0.492 e. The lowest BCUT2D eigenvalue weighted by atomic mass is 9.76. The number of methoxy groups -OCH3 is 1. The van der Waals surface area contributed by atoms with Gasteiger partial charge in [-0.15, -0.1) is 0 Å². The van der Waals surface area contributed by atoms with Gasteiger partial charge in [-0.2, -0.15) is 0 Å². The molecule has 1 fully saturated rings. The van der Waals surface area contributed by atoms with E-state index in [-0.39, 0.29) is 35.3 Å². The van der Waals surface area contributed by atoms with E-state index in [1.807, 2.05) is 11.9 Å². The zero-order valence-electron chi connectivity index (χ0n) is 12.6. The highest BCUT2D eigenvalue weighted by Crippen LogP contribution is 2.38. The molecule has 21 heavy (non-hydrogen) atoms. The fraction of sp³-hybridized carbons (Fsp3) is 0.533. The van der Waals surface area contributed by atoms with E-state index in [0.29, 0.717) is 29.7 Å². The highest BCUT2D eigenvalue weighted by molar-refractivity contribution is 6.25. The van der Waals surface area contributed by atoms with Gasteiger partial charge in [-0.3, -0.25) is 19.3 Å². The van der Waals surface area contributed by atoms with Crippen molar-refractivity contribution in [2.45, 2.75) is 25.4 Å². The van der Waals surface area contributed by atoms with Crippen LogP contribution in [0.5, 0.6) is 0 Å². The smallest absolute Gasteiger partial charge is 0.240 e. The number of piperazine rings is 1. The SMILES string of the molecule is COC1=C(C)C(=O)C2=C(C1=O)C1CN(C)C(=O)C(C2)N1C.